The number of hydrogen-bond acceptors (Lipinski definition) is 5. The number of aromatic hydroxyl groups is 1. The van der Waals surface area contributed by atoms with Gasteiger partial charge in [0, 0.05) is 17.6 Å². The van der Waals surface area contributed by atoms with E-state index in [0.717, 1.165) is 0 Å². The van der Waals surface area contributed by atoms with Gasteiger partial charge in [0.2, 0.25) is 11.8 Å². The number of phenolic OH excluding ortho intramolecular Hbond substituents is 1. The number of amides is 2. The van der Waals surface area contributed by atoms with Crippen LogP contribution in [0.3, 0.4) is 0 Å². The van der Waals surface area contributed by atoms with Gasteiger partial charge in [-0.15, -0.1) is 0 Å². The lowest BCUT2D eigenvalue weighted by molar-refractivity contribution is -0.132. The molecule has 2 aromatic rings. The van der Waals surface area contributed by atoms with E-state index in [2.05, 4.69) is 10.4 Å². The number of ether oxygens (including phenoxy) is 1. The molecule has 28 heavy (non-hydrogen) atoms. The first-order valence-corrected chi connectivity index (χ1v) is 8.98. The van der Waals surface area contributed by atoms with Crippen LogP contribution in [0, 0.1) is 5.92 Å². The van der Waals surface area contributed by atoms with Gasteiger partial charge in [-0.1, -0.05) is 17.7 Å². The number of methoxy groups -OCH3 is 1. The monoisotopic (exact) mass is 401 g/mol. The molecule has 1 heterocycles. The summed E-state index contributed by atoms with van der Waals surface area (Å²) in [5.41, 5.74) is 1.73. The summed E-state index contributed by atoms with van der Waals surface area (Å²) in [5.74, 6) is -1.07. The number of benzene rings is 2. The number of halogens is 1. The second kappa shape index (κ2) is 7.90. The molecule has 2 amide bonds. The standard InChI is InChI=1S/C20H20ClN3O4/c1-11-18(20(27)22-15-7-5-14(21)6-8-15)19(24(23-11)12(2)25)13-4-9-16(26)17(10-13)28-3/h4-10,18-19,26H,1-3H3,(H,22,27). The maximum Gasteiger partial charge on any atom is 0.240 e. The number of rotatable bonds is 4. The predicted octanol–water partition coefficient (Wildman–Crippen LogP) is 3.59. The normalized spacial score (nSPS) is 18.6. The van der Waals surface area contributed by atoms with Crippen molar-refractivity contribution in [3.63, 3.8) is 0 Å². The van der Waals surface area contributed by atoms with Crippen molar-refractivity contribution in [2.45, 2.75) is 19.9 Å². The molecule has 2 aromatic carbocycles. The first kappa shape index (κ1) is 19.7. The Bertz CT molecular complexity index is 943. The molecule has 0 bridgehead atoms. The second-order valence-electron chi connectivity index (χ2n) is 6.45. The van der Waals surface area contributed by atoms with Crippen LogP contribution in [0.1, 0.15) is 25.5 Å². The molecule has 2 unspecified atom stereocenters. The molecule has 0 aromatic heterocycles. The Hall–Kier alpha value is -3.06. The van der Waals surface area contributed by atoms with Crippen LogP contribution in [0.15, 0.2) is 47.6 Å². The van der Waals surface area contributed by atoms with Gasteiger partial charge < -0.3 is 15.2 Å². The molecular formula is C20H20ClN3O4. The lowest BCUT2D eigenvalue weighted by atomic mass is 9.89. The molecule has 2 N–H and O–H groups in total. The number of carbonyl (C=O) groups excluding carboxylic acids is 2. The fourth-order valence-corrected chi connectivity index (χ4v) is 3.35. The molecule has 0 fully saturated rings. The first-order chi connectivity index (χ1) is 13.3. The average Bonchev–Trinajstić information content (AvgIpc) is 3.01. The van der Waals surface area contributed by atoms with Gasteiger partial charge in [0.15, 0.2) is 11.5 Å². The largest absolute Gasteiger partial charge is 0.504 e. The fourth-order valence-electron chi connectivity index (χ4n) is 3.23. The maximum atomic E-state index is 13.0. The fraction of sp³-hybridized carbons (Fsp3) is 0.250. The van der Waals surface area contributed by atoms with Gasteiger partial charge in [0.25, 0.3) is 0 Å². The zero-order valence-electron chi connectivity index (χ0n) is 15.6. The van der Waals surface area contributed by atoms with Crippen molar-refractivity contribution in [2.24, 2.45) is 11.0 Å². The van der Waals surface area contributed by atoms with Crippen LogP contribution in [0.5, 0.6) is 11.5 Å². The zero-order valence-corrected chi connectivity index (χ0v) is 16.4. The minimum Gasteiger partial charge on any atom is -0.504 e. The minimum atomic E-state index is -0.700. The quantitative estimate of drug-likeness (QED) is 0.819. The molecular weight excluding hydrogens is 382 g/mol. The Morgan fingerprint density at radius 3 is 2.50 bits per heavy atom. The number of hydrogen-bond donors (Lipinski definition) is 2. The van der Waals surface area contributed by atoms with Crippen molar-refractivity contribution >= 4 is 34.8 Å². The Labute approximate surface area is 167 Å². The molecule has 0 aliphatic carbocycles. The Morgan fingerprint density at radius 2 is 1.89 bits per heavy atom. The SMILES string of the molecule is COc1cc(C2C(C(=O)Nc3ccc(Cl)cc3)C(C)=NN2C(C)=O)ccc1O. The summed E-state index contributed by atoms with van der Waals surface area (Å²) in [6, 6.07) is 10.8. The molecule has 1 aliphatic heterocycles. The minimum absolute atomic E-state index is 0.0292. The summed E-state index contributed by atoms with van der Waals surface area (Å²) in [6.45, 7) is 3.10. The third-order valence-corrected chi connectivity index (χ3v) is 4.81. The molecule has 0 saturated heterocycles. The summed E-state index contributed by atoms with van der Waals surface area (Å²) in [4.78, 5) is 25.2. The molecule has 0 saturated carbocycles. The summed E-state index contributed by atoms with van der Waals surface area (Å²) in [7, 11) is 1.43. The van der Waals surface area contributed by atoms with Gasteiger partial charge in [-0.2, -0.15) is 5.10 Å². The van der Waals surface area contributed by atoms with Gasteiger partial charge in [-0.05, 0) is 48.9 Å². The number of anilines is 1. The van der Waals surface area contributed by atoms with E-state index in [0.29, 0.717) is 22.0 Å². The van der Waals surface area contributed by atoms with E-state index >= 15 is 0 Å². The highest BCUT2D eigenvalue weighted by Crippen LogP contribution is 2.39. The van der Waals surface area contributed by atoms with Crippen molar-refractivity contribution in [3.05, 3.63) is 53.1 Å². The highest BCUT2D eigenvalue weighted by molar-refractivity contribution is 6.30. The third-order valence-electron chi connectivity index (χ3n) is 4.56. The van der Waals surface area contributed by atoms with Gasteiger partial charge in [-0.25, -0.2) is 5.01 Å². The number of carbonyl (C=O) groups is 2. The molecule has 8 heteroatoms. The molecule has 1 aliphatic rings. The van der Waals surface area contributed by atoms with Crippen molar-refractivity contribution in [3.8, 4) is 11.5 Å². The van der Waals surface area contributed by atoms with Crippen molar-refractivity contribution in [1.29, 1.82) is 0 Å². The van der Waals surface area contributed by atoms with Crippen LogP contribution in [-0.2, 0) is 9.59 Å². The first-order valence-electron chi connectivity index (χ1n) is 8.60. The van der Waals surface area contributed by atoms with Crippen molar-refractivity contribution in [1.82, 2.24) is 5.01 Å². The van der Waals surface area contributed by atoms with Gasteiger partial charge in [0.1, 0.15) is 5.92 Å². The highest BCUT2D eigenvalue weighted by Gasteiger charge is 2.43. The van der Waals surface area contributed by atoms with Crippen LogP contribution >= 0.6 is 11.6 Å². The van der Waals surface area contributed by atoms with Crippen LogP contribution in [0.2, 0.25) is 5.02 Å². The van der Waals surface area contributed by atoms with Crippen molar-refractivity contribution < 1.29 is 19.4 Å². The smallest absolute Gasteiger partial charge is 0.240 e. The van der Waals surface area contributed by atoms with Crippen LogP contribution in [0.4, 0.5) is 5.69 Å². The number of nitrogens with one attached hydrogen (secondary N) is 1. The lowest BCUT2D eigenvalue weighted by Crippen LogP contribution is -2.35. The zero-order chi connectivity index (χ0) is 20.4. The summed E-state index contributed by atoms with van der Waals surface area (Å²) < 4.78 is 5.17. The second-order valence-corrected chi connectivity index (χ2v) is 6.89. The van der Waals surface area contributed by atoms with E-state index in [-0.39, 0.29) is 23.3 Å². The average molecular weight is 402 g/mol. The Kier molecular flexibility index (Phi) is 5.56. The summed E-state index contributed by atoms with van der Waals surface area (Å²) in [6.07, 6.45) is 0. The third kappa shape index (κ3) is 3.80. The van der Waals surface area contributed by atoms with Crippen LogP contribution in [-0.4, -0.2) is 34.8 Å². The van der Waals surface area contributed by atoms with E-state index in [1.165, 1.54) is 25.1 Å². The number of hydrazone groups is 1. The molecule has 3 rings (SSSR count). The van der Waals surface area contributed by atoms with E-state index < -0.39 is 12.0 Å². The molecule has 7 nitrogen and oxygen atoms in total. The summed E-state index contributed by atoms with van der Waals surface area (Å²) in [5, 5.41) is 18.9. The number of nitrogens with zero attached hydrogens (tertiary/aromatic N) is 2. The maximum absolute atomic E-state index is 13.0. The predicted molar refractivity (Wildman–Crippen MR) is 107 cm³/mol. The Morgan fingerprint density at radius 1 is 1.21 bits per heavy atom. The summed E-state index contributed by atoms with van der Waals surface area (Å²) >= 11 is 5.89. The topological polar surface area (TPSA) is 91.2 Å². The van der Waals surface area contributed by atoms with Crippen LogP contribution < -0.4 is 10.1 Å². The van der Waals surface area contributed by atoms with Crippen molar-refractivity contribution in [2.75, 3.05) is 12.4 Å². The van der Waals surface area contributed by atoms with E-state index in [1.807, 2.05) is 0 Å². The molecule has 2 atom stereocenters. The van der Waals surface area contributed by atoms with Crippen LogP contribution in [0.25, 0.3) is 0 Å². The molecule has 0 spiro atoms. The van der Waals surface area contributed by atoms with E-state index in [9.17, 15) is 14.7 Å². The number of phenols is 1. The van der Waals surface area contributed by atoms with E-state index in [1.54, 1.807) is 43.3 Å². The lowest BCUT2D eigenvalue weighted by Gasteiger charge is -2.26. The highest BCUT2D eigenvalue weighted by atomic mass is 35.5. The molecule has 0 radical (unpaired) electrons. The van der Waals surface area contributed by atoms with E-state index in [4.69, 9.17) is 16.3 Å². The molecule has 146 valence electrons. The van der Waals surface area contributed by atoms with Gasteiger partial charge in [-0.3, -0.25) is 9.59 Å². The van der Waals surface area contributed by atoms with Gasteiger partial charge in [0.05, 0.1) is 18.9 Å². The van der Waals surface area contributed by atoms with Gasteiger partial charge >= 0.3 is 0 Å². The Balaban J connectivity index is 1.97.